The molecule has 0 spiro atoms. The average molecular weight is 363 g/mol. The molecular formula is C15H20F3N3O2S. The number of nitrogens with one attached hydrogen (secondary N) is 1. The molecule has 0 aromatic heterocycles. The number of hydrogen-bond acceptors (Lipinski definition) is 4. The third-order valence-corrected chi connectivity index (χ3v) is 4.91. The maximum absolute atomic E-state index is 13.1. The van der Waals surface area contributed by atoms with Gasteiger partial charge in [0.15, 0.2) is 0 Å². The summed E-state index contributed by atoms with van der Waals surface area (Å²) >= 11 is 0. The molecule has 0 saturated carbocycles. The van der Waals surface area contributed by atoms with Crippen LogP contribution in [0.25, 0.3) is 0 Å². The van der Waals surface area contributed by atoms with E-state index in [-0.39, 0.29) is 11.7 Å². The first-order chi connectivity index (χ1) is 11.1. The third kappa shape index (κ3) is 4.71. The van der Waals surface area contributed by atoms with Crippen LogP contribution in [0.2, 0.25) is 0 Å². The van der Waals surface area contributed by atoms with Crippen molar-refractivity contribution in [3.63, 3.8) is 0 Å². The number of nitrogens with two attached hydrogens (primary N) is 1. The molecule has 1 aliphatic heterocycles. The van der Waals surface area contributed by atoms with Crippen molar-refractivity contribution in [2.24, 2.45) is 5.14 Å². The van der Waals surface area contributed by atoms with Gasteiger partial charge in [-0.25, -0.2) is 13.6 Å². The second kappa shape index (κ2) is 7.12. The fourth-order valence-corrected chi connectivity index (χ4v) is 3.51. The summed E-state index contributed by atoms with van der Waals surface area (Å²) in [5.74, 6) is 0. The Morgan fingerprint density at radius 3 is 2.46 bits per heavy atom. The molecule has 0 radical (unpaired) electrons. The van der Waals surface area contributed by atoms with E-state index >= 15 is 0 Å². The third-order valence-electron chi connectivity index (χ3n) is 3.94. The van der Waals surface area contributed by atoms with Crippen LogP contribution in [-0.2, 0) is 16.2 Å². The Kier molecular flexibility index (Phi) is 5.56. The molecule has 3 N–H and O–H groups in total. The van der Waals surface area contributed by atoms with Gasteiger partial charge in [-0.2, -0.15) is 13.2 Å². The van der Waals surface area contributed by atoms with Crippen molar-refractivity contribution in [3.05, 3.63) is 36.4 Å². The summed E-state index contributed by atoms with van der Waals surface area (Å²) < 4.78 is 62.0. The van der Waals surface area contributed by atoms with Gasteiger partial charge in [-0.15, -0.1) is 6.58 Å². The highest BCUT2D eigenvalue weighted by atomic mass is 32.2. The van der Waals surface area contributed by atoms with Crippen molar-refractivity contribution in [1.82, 2.24) is 4.90 Å². The lowest BCUT2D eigenvalue weighted by atomic mass is 10.0. The summed E-state index contributed by atoms with van der Waals surface area (Å²) in [7, 11) is -4.44. The molecule has 1 heterocycles. The zero-order valence-electron chi connectivity index (χ0n) is 13.0. The molecule has 1 aromatic rings. The number of rotatable bonds is 5. The van der Waals surface area contributed by atoms with Crippen LogP contribution >= 0.6 is 0 Å². The molecular weight excluding hydrogens is 343 g/mol. The van der Waals surface area contributed by atoms with E-state index in [0.29, 0.717) is 0 Å². The van der Waals surface area contributed by atoms with Crippen molar-refractivity contribution < 1.29 is 21.6 Å². The highest BCUT2D eigenvalue weighted by Gasteiger charge is 2.36. The number of primary sulfonamides is 1. The number of anilines is 1. The lowest BCUT2D eigenvalue weighted by Crippen LogP contribution is -2.39. The van der Waals surface area contributed by atoms with Crippen molar-refractivity contribution in [3.8, 4) is 0 Å². The molecule has 0 bridgehead atoms. The van der Waals surface area contributed by atoms with Gasteiger partial charge in [0.05, 0.1) is 10.5 Å². The summed E-state index contributed by atoms with van der Waals surface area (Å²) in [4.78, 5) is 1.29. The van der Waals surface area contributed by atoms with Crippen LogP contribution in [0.1, 0.15) is 18.4 Å². The van der Waals surface area contributed by atoms with Gasteiger partial charge in [0.25, 0.3) is 0 Å². The predicted octanol–water partition coefficient (Wildman–Crippen LogP) is 2.42. The van der Waals surface area contributed by atoms with E-state index in [0.717, 1.165) is 44.6 Å². The van der Waals surface area contributed by atoms with Gasteiger partial charge in [0.2, 0.25) is 10.0 Å². The van der Waals surface area contributed by atoms with Crippen LogP contribution in [0.15, 0.2) is 35.7 Å². The molecule has 0 atom stereocenters. The zero-order valence-corrected chi connectivity index (χ0v) is 13.8. The standard InChI is InChI=1S/C15H20F3N3O2S/c1-2-7-21-8-5-11(6-9-21)20-12-3-4-14(24(19,22)23)13(10-12)15(16,17)18/h2-4,10-11,20H,1,5-9H2,(H2,19,22,23). The lowest BCUT2D eigenvalue weighted by Gasteiger charge is -2.32. The topological polar surface area (TPSA) is 75.4 Å². The minimum absolute atomic E-state index is 0.0347. The second-order valence-electron chi connectivity index (χ2n) is 5.76. The van der Waals surface area contributed by atoms with Crippen LogP contribution in [0.3, 0.4) is 0 Å². The highest BCUT2D eigenvalue weighted by Crippen LogP contribution is 2.35. The van der Waals surface area contributed by atoms with E-state index in [9.17, 15) is 21.6 Å². The second-order valence-corrected chi connectivity index (χ2v) is 7.29. The van der Waals surface area contributed by atoms with Gasteiger partial charge in [0.1, 0.15) is 0 Å². The zero-order chi connectivity index (χ0) is 18.0. The number of halogens is 3. The maximum Gasteiger partial charge on any atom is 0.417 e. The first kappa shape index (κ1) is 18.8. The first-order valence-corrected chi connectivity index (χ1v) is 8.99. The largest absolute Gasteiger partial charge is 0.417 e. The summed E-state index contributed by atoms with van der Waals surface area (Å²) in [5, 5.41) is 7.92. The van der Waals surface area contributed by atoms with Crippen molar-refractivity contribution >= 4 is 15.7 Å². The SMILES string of the molecule is C=CCN1CCC(Nc2ccc(S(N)(=O)=O)c(C(F)(F)F)c2)CC1. The summed E-state index contributed by atoms with van der Waals surface area (Å²) in [6.07, 6.45) is -1.42. The number of piperidine rings is 1. The van der Waals surface area contributed by atoms with Gasteiger partial charge < -0.3 is 5.32 Å². The van der Waals surface area contributed by atoms with Crippen molar-refractivity contribution in [2.75, 3.05) is 25.0 Å². The minimum Gasteiger partial charge on any atom is -0.382 e. The van der Waals surface area contributed by atoms with Gasteiger partial charge >= 0.3 is 6.18 Å². The lowest BCUT2D eigenvalue weighted by molar-refractivity contribution is -0.139. The van der Waals surface area contributed by atoms with Crippen molar-refractivity contribution in [2.45, 2.75) is 30.0 Å². The molecule has 5 nitrogen and oxygen atoms in total. The molecule has 2 rings (SSSR count). The number of benzene rings is 1. The Balaban J connectivity index is 2.17. The predicted molar refractivity (Wildman–Crippen MR) is 86.1 cm³/mol. The number of likely N-dealkylation sites (tertiary alicyclic amines) is 1. The maximum atomic E-state index is 13.1. The minimum atomic E-state index is -4.80. The van der Waals surface area contributed by atoms with E-state index in [1.54, 1.807) is 0 Å². The van der Waals surface area contributed by atoms with E-state index in [1.165, 1.54) is 6.07 Å². The molecule has 24 heavy (non-hydrogen) atoms. The number of nitrogens with zero attached hydrogens (tertiary/aromatic N) is 1. The Hall–Kier alpha value is -1.58. The van der Waals surface area contributed by atoms with Crippen LogP contribution in [0, 0.1) is 0 Å². The van der Waals surface area contributed by atoms with Gasteiger partial charge in [-0.3, -0.25) is 4.90 Å². The number of alkyl halides is 3. The van der Waals surface area contributed by atoms with E-state index < -0.39 is 26.7 Å². The van der Waals surface area contributed by atoms with Gasteiger partial charge in [-0.05, 0) is 31.0 Å². The van der Waals surface area contributed by atoms with E-state index in [4.69, 9.17) is 5.14 Å². The molecule has 1 aromatic carbocycles. The fraction of sp³-hybridized carbons (Fsp3) is 0.467. The number of sulfonamides is 1. The summed E-state index contributed by atoms with van der Waals surface area (Å²) in [6.45, 7) is 6.11. The molecule has 9 heteroatoms. The Bertz CT molecular complexity index is 696. The average Bonchev–Trinajstić information content (AvgIpc) is 2.47. The van der Waals surface area contributed by atoms with Crippen LogP contribution in [0.5, 0.6) is 0 Å². The first-order valence-electron chi connectivity index (χ1n) is 7.45. The smallest absolute Gasteiger partial charge is 0.382 e. The Morgan fingerprint density at radius 2 is 1.96 bits per heavy atom. The Morgan fingerprint density at radius 1 is 1.33 bits per heavy atom. The van der Waals surface area contributed by atoms with Crippen LogP contribution < -0.4 is 10.5 Å². The summed E-state index contributed by atoms with van der Waals surface area (Å²) in [6, 6.07) is 3.04. The highest BCUT2D eigenvalue weighted by molar-refractivity contribution is 7.89. The van der Waals surface area contributed by atoms with E-state index in [2.05, 4.69) is 16.8 Å². The monoisotopic (exact) mass is 363 g/mol. The van der Waals surface area contributed by atoms with E-state index in [1.807, 2.05) is 6.08 Å². The molecule has 1 saturated heterocycles. The number of hydrogen-bond donors (Lipinski definition) is 2. The van der Waals surface area contributed by atoms with Crippen LogP contribution in [0.4, 0.5) is 18.9 Å². The van der Waals surface area contributed by atoms with Crippen molar-refractivity contribution in [1.29, 1.82) is 0 Å². The Labute approximate surface area is 139 Å². The molecule has 0 unspecified atom stereocenters. The molecule has 134 valence electrons. The van der Waals surface area contributed by atoms with Gasteiger partial charge in [0, 0.05) is 31.4 Å². The molecule has 1 aliphatic rings. The quantitative estimate of drug-likeness (QED) is 0.788. The molecule has 0 aliphatic carbocycles. The fourth-order valence-electron chi connectivity index (χ4n) is 2.77. The summed E-state index contributed by atoms with van der Waals surface area (Å²) in [5.41, 5.74) is -1.02. The molecule has 1 fully saturated rings. The molecule has 0 amide bonds. The van der Waals surface area contributed by atoms with Gasteiger partial charge in [-0.1, -0.05) is 6.08 Å². The normalized spacial score (nSPS) is 17.7. The van der Waals surface area contributed by atoms with Crippen LogP contribution in [-0.4, -0.2) is 39.0 Å².